The fourth-order valence-corrected chi connectivity index (χ4v) is 3.63. The predicted molar refractivity (Wildman–Crippen MR) is 91.1 cm³/mol. The number of sulfonamides is 1. The van der Waals surface area contributed by atoms with Crippen molar-refractivity contribution in [2.45, 2.75) is 24.2 Å². The number of rotatable bonds is 5. The van der Waals surface area contributed by atoms with Crippen LogP contribution in [0.1, 0.15) is 19.4 Å². The van der Waals surface area contributed by atoms with Gasteiger partial charge in [-0.1, -0.05) is 55.2 Å². The van der Waals surface area contributed by atoms with Gasteiger partial charge in [0.05, 0.1) is 4.90 Å². The second-order valence-electron chi connectivity index (χ2n) is 5.67. The first-order valence-corrected chi connectivity index (χ1v) is 8.96. The summed E-state index contributed by atoms with van der Waals surface area (Å²) in [6.07, 6.45) is 0. The standard InChI is InChI=1S/C16H17Cl2NO2S/c1-16(2,12-6-8-13(17)9-7-12)11-19-22(20,21)15-5-3-4-14(18)10-15/h3-10,19H,11H2,1-2H3. The fourth-order valence-electron chi connectivity index (χ4n) is 2.00. The van der Waals surface area contributed by atoms with E-state index >= 15 is 0 Å². The van der Waals surface area contributed by atoms with E-state index in [4.69, 9.17) is 23.2 Å². The van der Waals surface area contributed by atoms with Crippen molar-refractivity contribution in [3.05, 3.63) is 64.1 Å². The van der Waals surface area contributed by atoms with Crippen molar-refractivity contribution in [3.63, 3.8) is 0 Å². The van der Waals surface area contributed by atoms with Gasteiger partial charge in [-0.05, 0) is 35.9 Å². The molecule has 2 aromatic carbocycles. The van der Waals surface area contributed by atoms with Crippen LogP contribution >= 0.6 is 23.2 Å². The Labute approximate surface area is 141 Å². The Morgan fingerprint density at radius 2 is 1.64 bits per heavy atom. The zero-order valence-corrected chi connectivity index (χ0v) is 14.6. The second kappa shape index (κ2) is 6.59. The summed E-state index contributed by atoms with van der Waals surface area (Å²) in [7, 11) is -3.59. The zero-order chi connectivity index (χ0) is 16.4. The molecule has 0 aliphatic rings. The van der Waals surface area contributed by atoms with Crippen LogP contribution in [0.15, 0.2) is 53.4 Å². The minimum atomic E-state index is -3.59. The molecular weight excluding hydrogens is 341 g/mol. The highest BCUT2D eigenvalue weighted by atomic mass is 35.5. The molecule has 1 N–H and O–H groups in total. The zero-order valence-electron chi connectivity index (χ0n) is 12.3. The Kier molecular flexibility index (Phi) is 5.17. The van der Waals surface area contributed by atoms with Crippen LogP contribution in [0, 0.1) is 0 Å². The number of halogens is 2. The van der Waals surface area contributed by atoms with E-state index in [0.717, 1.165) is 5.56 Å². The van der Waals surface area contributed by atoms with Crippen molar-refractivity contribution >= 4 is 33.2 Å². The topological polar surface area (TPSA) is 46.2 Å². The molecule has 2 rings (SSSR count). The van der Waals surface area contributed by atoms with Gasteiger partial charge in [-0.15, -0.1) is 0 Å². The molecule has 2 aromatic rings. The van der Waals surface area contributed by atoms with Crippen LogP contribution in [0.5, 0.6) is 0 Å². The highest BCUT2D eigenvalue weighted by molar-refractivity contribution is 7.89. The van der Waals surface area contributed by atoms with Gasteiger partial charge in [0, 0.05) is 22.0 Å². The van der Waals surface area contributed by atoms with Gasteiger partial charge < -0.3 is 0 Å². The van der Waals surface area contributed by atoms with Crippen molar-refractivity contribution in [3.8, 4) is 0 Å². The van der Waals surface area contributed by atoms with E-state index in [-0.39, 0.29) is 16.9 Å². The summed E-state index contributed by atoms with van der Waals surface area (Å²) in [5.41, 5.74) is 0.640. The Bertz CT molecular complexity index is 756. The van der Waals surface area contributed by atoms with Gasteiger partial charge in [-0.2, -0.15) is 0 Å². The quantitative estimate of drug-likeness (QED) is 0.869. The Morgan fingerprint density at radius 1 is 1.00 bits per heavy atom. The second-order valence-corrected chi connectivity index (χ2v) is 8.31. The minimum Gasteiger partial charge on any atom is -0.210 e. The van der Waals surface area contributed by atoms with E-state index in [2.05, 4.69) is 4.72 Å². The Hall–Kier alpha value is -1.07. The normalized spacial score (nSPS) is 12.4. The molecular formula is C16H17Cl2NO2S. The molecule has 3 nitrogen and oxygen atoms in total. The molecule has 118 valence electrons. The van der Waals surface area contributed by atoms with Crippen LogP contribution in [0.4, 0.5) is 0 Å². The molecule has 6 heteroatoms. The lowest BCUT2D eigenvalue weighted by Crippen LogP contribution is -2.36. The maximum Gasteiger partial charge on any atom is 0.240 e. The molecule has 0 spiro atoms. The van der Waals surface area contributed by atoms with E-state index in [0.29, 0.717) is 10.0 Å². The highest BCUT2D eigenvalue weighted by Gasteiger charge is 2.24. The SMILES string of the molecule is CC(C)(CNS(=O)(=O)c1cccc(Cl)c1)c1ccc(Cl)cc1. The average molecular weight is 358 g/mol. The number of nitrogens with one attached hydrogen (secondary N) is 1. The van der Waals surface area contributed by atoms with E-state index in [1.54, 1.807) is 24.3 Å². The van der Waals surface area contributed by atoms with Crippen LogP contribution < -0.4 is 4.72 Å². The van der Waals surface area contributed by atoms with Gasteiger partial charge in [0.2, 0.25) is 10.0 Å². The van der Waals surface area contributed by atoms with E-state index < -0.39 is 10.0 Å². The summed E-state index contributed by atoms with van der Waals surface area (Å²) in [6.45, 7) is 4.21. The third kappa shape index (κ3) is 4.23. The van der Waals surface area contributed by atoms with Crippen molar-refractivity contribution < 1.29 is 8.42 Å². The molecule has 0 aliphatic carbocycles. The van der Waals surface area contributed by atoms with Crippen molar-refractivity contribution in [2.75, 3.05) is 6.54 Å². The van der Waals surface area contributed by atoms with Crippen LogP contribution in [0.25, 0.3) is 0 Å². The summed E-state index contributed by atoms with van der Waals surface area (Å²) in [6, 6.07) is 13.6. The van der Waals surface area contributed by atoms with Gasteiger partial charge in [0.25, 0.3) is 0 Å². The van der Waals surface area contributed by atoms with E-state index in [1.807, 2.05) is 26.0 Å². The van der Waals surface area contributed by atoms with Crippen LogP contribution in [0.3, 0.4) is 0 Å². The van der Waals surface area contributed by atoms with Gasteiger partial charge >= 0.3 is 0 Å². The van der Waals surface area contributed by atoms with Crippen molar-refractivity contribution in [1.82, 2.24) is 4.72 Å². The highest BCUT2D eigenvalue weighted by Crippen LogP contribution is 2.25. The number of hydrogen-bond donors (Lipinski definition) is 1. The third-order valence-corrected chi connectivity index (χ3v) is 5.32. The molecule has 0 radical (unpaired) electrons. The Morgan fingerprint density at radius 3 is 2.23 bits per heavy atom. The van der Waals surface area contributed by atoms with Crippen LogP contribution in [-0.4, -0.2) is 15.0 Å². The van der Waals surface area contributed by atoms with Crippen molar-refractivity contribution in [2.24, 2.45) is 0 Å². The largest absolute Gasteiger partial charge is 0.240 e. The first-order valence-electron chi connectivity index (χ1n) is 6.72. The number of hydrogen-bond acceptors (Lipinski definition) is 2. The molecule has 0 atom stereocenters. The van der Waals surface area contributed by atoms with Crippen molar-refractivity contribution in [1.29, 1.82) is 0 Å². The molecule has 0 saturated carbocycles. The first-order chi connectivity index (χ1) is 10.2. The summed E-state index contributed by atoms with van der Waals surface area (Å²) < 4.78 is 27.3. The predicted octanol–water partition coefficient (Wildman–Crippen LogP) is 4.25. The lowest BCUT2D eigenvalue weighted by molar-refractivity contribution is 0.501. The van der Waals surface area contributed by atoms with Gasteiger partial charge in [-0.25, -0.2) is 13.1 Å². The fraction of sp³-hybridized carbons (Fsp3) is 0.250. The molecule has 0 heterocycles. The molecule has 0 aromatic heterocycles. The Balaban J connectivity index is 2.15. The van der Waals surface area contributed by atoms with Crippen LogP contribution in [0.2, 0.25) is 10.0 Å². The summed E-state index contributed by atoms with van der Waals surface area (Å²) >= 11 is 11.7. The molecule has 22 heavy (non-hydrogen) atoms. The average Bonchev–Trinajstić information content (AvgIpc) is 2.46. The summed E-state index contributed by atoms with van der Waals surface area (Å²) in [5, 5.41) is 1.04. The molecule has 0 bridgehead atoms. The van der Waals surface area contributed by atoms with Gasteiger partial charge in [-0.3, -0.25) is 0 Å². The maximum absolute atomic E-state index is 12.3. The third-order valence-electron chi connectivity index (χ3n) is 3.44. The molecule has 0 aliphatic heterocycles. The van der Waals surface area contributed by atoms with E-state index in [1.165, 1.54) is 12.1 Å². The molecule has 0 fully saturated rings. The van der Waals surface area contributed by atoms with Gasteiger partial charge in [0.1, 0.15) is 0 Å². The lowest BCUT2D eigenvalue weighted by Gasteiger charge is -2.25. The summed E-state index contributed by atoms with van der Waals surface area (Å²) in [4.78, 5) is 0.159. The van der Waals surface area contributed by atoms with E-state index in [9.17, 15) is 8.42 Å². The first kappa shape index (κ1) is 17.3. The lowest BCUT2D eigenvalue weighted by atomic mass is 9.85. The maximum atomic E-state index is 12.3. The molecule has 0 unspecified atom stereocenters. The summed E-state index contributed by atoms with van der Waals surface area (Å²) in [5.74, 6) is 0. The van der Waals surface area contributed by atoms with Gasteiger partial charge in [0.15, 0.2) is 0 Å². The molecule has 0 amide bonds. The van der Waals surface area contributed by atoms with Crippen LogP contribution in [-0.2, 0) is 15.4 Å². The smallest absolute Gasteiger partial charge is 0.210 e. The minimum absolute atomic E-state index is 0.159. The number of benzene rings is 2. The monoisotopic (exact) mass is 357 g/mol. The molecule has 0 saturated heterocycles.